The van der Waals surface area contributed by atoms with Crippen LogP contribution in [0.5, 0.6) is 0 Å². The molecule has 0 spiro atoms. The van der Waals surface area contributed by atoms with E-state index in [1.54, 1.807) is 0 Å². The number of nitrogens with two attached hydrogens (primary N) is 1. The van der Waals surface area contributed by atoms with Gasteiger partial charge in [-0.2, -0.15) is 14.7 Å². The van der Waals surface area contributed by atoms with E-state index in [2.05, 4.69) is 15.3 Å². The minimum Gasteiger partial charge on any atom is -0.396 e. The smallest absolute Gasteiger partial charge is 0.216 e. The first-order chi connectivity index (χ1) is 5.68. The van der Waals surface area contributed by atoms with Crippen LogP contribution in [0.15, 0.2) is 6.07 Å². The van der Waals surface area contributed by atoms with Crippen molar-refractivity contribution in [3.05, 3.63) is 16.0 Å². The third-order valence-corrected chi connectivity index (χ3v) is 1.83. The minimum absolute atomic E-state index is 0.289. The maximum absolute atomic E-state index is 5.65. The van der Waals surface area contributed by atoms with Crippen LogP contribution in [-0.4, -0.2) is 19.8 Å². The average Bonchev–Trinajstić information content (AvgIpc) is 2.33. The Kier molecular flexibility index (Phi) is 1.52. The van der Waals surface area contributed by atoms with Gasteiger partial charge in [-0.25, -0.2) is 5.10 Å². The van der Waals surface area contributed by atoms with Gasteiger partial charge in [-0.1, -0.05) is 11.6 Å². The van der Waals surface area contributed by atoms with Crippen molar-refractivity contribution < 1.29 is 0 Å². The molecule has 2 rings (SSSR count). The lowest BCUT2D eigenvalue weighted by atomic mass is 10.5. The number of hydrogen-bond acceptors (Lipinski definition) is 4. The standard InChI is InChI=1S/C5H4ClN5S/c6-3-1-2(7)4-8-9-5(12)11(4)10-3/h1H,7H2,(H,9,12). The number of nitrogens with zero attached hydrogens (tertiary/aromatic N) is 3. The molecule has 0 aliphatic heterocycles. The van der Waals surface area contributed by atoms with Crippen molar-refractivity contribution in [2.75, 3.05) is 5.73 Å². The van der Waals surface area contributed by atoms with Crippen LogP contribution >= 0.6 is 23.8 Å². The second kappa shape index (κ2) is 2.43. The van der Waals surface area contributed by atoms with Crippen LogP contribution in [-0.2, 0) is 0 Å². The van der Waals surface area contributed by atoms with E-state index in [0.29, 0.717) is 16.1 Å². The molecule has 0 bridgehead atoms. The number of aromatic nitrogens is 4. The SMILES string of the molecule is Nc1cc(Cl)nn2c(=S)[nH]nc12. The lowest BCUT2D eigenvalue weighted by molar-refractivity contribution is 0.911. The molecule has 7 heteroatoms. The molecule has 0 saturated heterocycles. The van der Waals surface area contributed by atoms with E-state index >= 15 is 0 Å². The number of H-pyrrole nitrogens is 1. The van der Waals surface area contributed by atoms with Crippen LogP contribution in [0.25, 0.3) is 5.65 Å². The monoisotopic (exact) mass is 201 g/mol. The van der Waals surface area contributed by atoms with Crippen molar-refractivity contribution in [1.29, 1.82) is 0 Å². The van der Waals surface area contributed by atoms with Gasteiger partial charge in [0.15, 0.2) is 10.8 Å². The van der Waals surface area contributed by atoms with Gasteiger partial charge in [-0.05, 0) is 12.2 Å². The minimum atomic E-state index is 0.289. The molecule has 5 nitrogen and oxygen atoms in total. The van der Waals surface area contributed by atoms with Crippen LogP contribution in [0.4, 0.5) is 5.69 Å². The Morgan fingerprint density at radius 3 is 3.17 bits per heavy atom. The summed E-state index contributed by atoms with van der Waals surface area (Å²) in [6.45, 7) is 0. The van der Waals surface area contributed by atoms with Gasteiger partial charge in [-0.15, -0.1) is 0 Å². The molecule has 2 aromatic heterocycles. The fraction of sp³-hybridized carbons (Fsp3) is 0. The van der Waals surface area contributed by atoms with Crippen LogP contribution < -0.4 is 5.73 Å². The molecule has 0 unspecified atom stereocenters. The van der Waals surface area contributed by atoms with E-state index in [4.69, 9.17) is 29.6 Å². The van der Waals surface area contributed by atoms with Gasteiger partial charge >= 0.3 is 0 Å². The molecule has 3 N–H and O–H groups in total. The molecule has 0 aliphatic rings. The number of anilines is 1. The van der Waals surface area contributed by atoms with E-state index in [1.807, 2.05) is 0 Å². The predicted molar refractivity (Wildman–Crippen MR) is 47.6 cm³/mol. The van der Waals surface area contributed by atoms with Crippen molar-refractivity contribution in [2.45, 2.75) is 0 Å². The van der Waals surface area contributed by atoms with Gasteiger partial charge in [0.1, 0.15) is 0 Å². The molecule has 62 valence electrons. The zero-order valence-electron chi connectivity index (χ0n) is 5.78. The molecule has 0 radical (unpaired) electrons. The largest absolute Gasteiger partial charge is 0.396 e. The highest BCUT2D eigenvalue weighted by atomic mass is 35.5. The van der Waals surface area contributed by atoms with E-state index < -0.39 is 0 Å². The summed E-state index contributed by atoms with van der Waals surface area (Å²) in [6.07, 6.45) is 0. The van der Waals surface area contributed by atoms with Crippen LogP contribution in [0, 0.1) is 4.77 Å². The van der Waals surface area contributed by atoms with E-state index in [1.165, 1.54) is 10.6 Å². The molecule has 0 aromatic carbocycles. The lowest BCUT2D eigenvalue weighted by Gasteiger charge is -1.95. The first-order valence-electron chi connectivity index (χ1n) is 3.08. The van der Waals surface area contributed by atoms with Crippen LogP contribution in [0.3, 0.4) is 0 Å². The fourth-order valence-corrected chi connectivity index (χ4v) is 1.25. The zero-order valence-corrected chi connectivity index (χ0v) is 7.35. The molecule has 0 atom stereocenters. The van der Waals surface area contributed by atoms with Gasteiger partial charge in [0.25, 0.3) is 0 Å². The predicted octanol–water partition coefficient (Wildman–Crippen LogP) is 1.02. The summed E-state index contributed by atoms with van der Waals surface area (Å²) in [5, 5.41) is 10.6. The third-order valence-electron chi connectivity index (χ3n) is 1.38. The molecular formula is C5H4ClN5S. The quantitative estimate of drug-likeness (QED) is 0.625. The normalized spacial score (nSPS) is 10.8. The molecule has 0 amide bonds. The maximum Gasteiger partial charge on any atom is 0.216 e. The van der Waals surface area contributed by atoms with Gasteiger partial charge in [0.2, 0.25) is 4.77 Å². The summed E-state index contributed by atoms with van der Waals surface area (Å²) in [4.78, 5) is 0. The van der Waals surface area contributed by atoms with Crippen LogP contribution in [0.1, 0.15) is 0 Å². The zero-order chi connectivity index (χ0) is 8.72. The summed E-state index contributed by atoms with van der Waals surface area (Å²) in [5.74, 6) is 0. The highest BCUT2D eigenvalue weighted by Crippen LogP contribution is 2.13. The first-order valence-corrected chi connectivity index (χ1v) is 3.86. The second-order valence-corrected chi connectivity index (χ2v) is 2.96. The van der Waals surface area contributed by atoms with Crippen molar-refractivity contribution >= 4 is 35.2 Å². The van der Waals surface area contributed by atoms with Crippen molar-refractivity contribution in [3.63, 3.8) is 0 Å². The van der Waals surface area contributed by atoms with Crippen LogP contribution in [0.2, 0.25) is 5.15 Å². The Morgan fingerprint density at radius 2 is 2.42 bits per heavy atom. The second-order valence-electron chi connectivity index (χ2n) is 2.19. The summed E-state index contributed by atoms with van der Waals surface area (Å²) in [7, 11) is 0. The Bertz CT molecular complexity index is 486. The summed E-state index contributed by atoms with van der Waals surface area (Å²) >= 11 is 10.5. The molecule has 0 fully saturated rings. The number of halogens is 1. The number of rotatable bonds is 0. The Balaban J connectivity index is 3.02. The van der Waals surface area contributed by atoms with Gasteiger partial charge in [0, 0.05) is 6.07 Å². The van der Waals surface area contributed by atoms with Gasteiger partial charge in [0.05, 0.1) is 5.69 Å². The van der Waals surface area contributed by atoms with Gasteiger partial charge < -0.3 is 5.73 Å². The summed E-state index contributed by atoms with van der Waals surface area (Å²) < 4.78 is 1.76. The number of nitrogen functional groups attached to an aromatic ring is 1. The summed E-state index contributed by atoms with van der Waals surface area (Å²) in [6, 6.07) is 1.52. The first kappa shape index (κ1) is 7.51. The van der Waals surface area contributed by atoms with Gasteiger partial charge in [-0.3, -0.25) is 0 Å². The van der Waals surface area contributed by atoms with E-state index in [-0.39, 0.29) is 5.15 Å². The van der Waals surface area contributed by atoms with Crippen molar-refractivity contribution in [1.82, 2.24) is 19.8 Å². The lowest BCUT2D eigenvalue weighted by Crippen LogP contribution is -1.97. The topological polar surface area (TPSA) is 72.0 Å². The molecule has 12 heavy (non-hydrogen) atoms. The fourth-order valence-electron chi connectivity index (χ4n) is 0.889. The van der Waals surface area contributed by atoms with E-state index in [0.717, 1.165) is 0 Å². The van der Waals surface area contributed by atoms with Crippen molar-refractivity contribution in [2.24, 2.45) is 0 Å². The maximum atomic E-state index is 5.65. The molecule has 0 saturated carbocycles. The number of fused-ring (bicyclic) bond motifs is 1. The molecule has 2 aromatic rings. The summed E-state index contributed by atoms with van der Waals surface area (Å²) in [5.41, 5.74) is 6.53. The molecule has 0 aliphatic carbocycles. The average molecular weight is 202 g/mol. The molecular weight excluding hydrogens is 198 g/mol. The number of hydrogen-bond donors (Lipinski definition) is 2. The Labute approximate surface area is 77.1 Å². The molecule has 2 heterocycles. The highest BCUT2D eigenvalue weighted by molar-refractivity contribution is 7.71. The Hall–Kier alpha value is -1.14. The number of aromatic amines is 1. The highest BCUT2D eigenvalue weighted by Gasteiger charge is 2.03. The van der Waals surface area contributed by atoms with E-state index in [9.17, 15) is 0 Å². The Morgan fingerprint density at radius 1 is 1.67 bits per heavy atom. The third kappa shape index (κ3) is 0.961. The van der Waals surface area contributed by atoms with Crippen molar-refractivity contribution in [3.8, 4) is 0 Å². The number of nitrogens with one attached hydrogen (secondary N) is 1.